The van der Waals surface area contributed by atoms with Crippen LogP contribution in [0.15, 0.2) is 0 Å². The van der Waals surface area contributed by atoms with Crippen LogP contribution in [-0.2, 0) is 0 Å². The molecule has 2 fully saturated rings. The second-order valence-electron chi connectivity index (χ2n) is 4.93. The van der Waals surface area contributed by atoms with Gasteiger partial charge >= 0.3 is 0 Å². The van der Waals surface area contributed by atoms with Gasteiger partial charge in [-0.05, 0) is 36.0 Å². The highest BCUT2D eigenvalue weighted by atomic mass is 14.8. The molecule has 0 aliphatic heterocycles. The third-order valence-corrected chi connectivity index (χ3v) is 4.25. The fourth-order valence-electron chi connectivity index (χ4n) is 3.12. The number of hydrogen-bond acceptors (Lipinski definition) is 1. The van der Waals surface area contributed by atoms with E-state index in [9.17, 15) is 0 Å². The third kappa shape index (κ3) is 0.807. The molecule has 0 aromatic rings. The van der Waals surface area contributed by atoms with Crippen molar-refractivity contribution in [2.45, 2.75) is 39.7 Å². The van der Waals surface area contributed by atoms with E-state index < -0.39 is 0 Å². The summed E-state index contributed by atoms with van der Waals surface area (Å²) >= 11 is 0. The van der Waals surface area contributed by atoms with E-state index in [0.717, 1.165) is 17.8 Å². The van der Waals surface area contributed by atoms with Crippen molar-refractivity contribution in [2.75, 3.05) is 0 Å². The van der Waals surface area contributed by atoms with Gasteiger partial charge in [0.15, 0.2) is 0 Å². The van der Waals surface area contributed by atoms with Gasteiger partial charge in [0.2, 0.25) is 0 Å². The first kappa shape index (κ1) is 7.60. The van der Waals surface area contributed by atoms with E-state index in [1.165, 1.54) is 12.8 Å². The molecular formula is C10H19N. The van der Waals surface area contributed by atoms with Gasteiger partial charge in [0.25, 0.3) is 0 Å². The van der Waals surface area contributed by atoms with Crippen molar-refractivity contribution in [3.05, 3.63) is 0 Å². The molecule has 0 aromatic heterocycles. The van der Waals surface area contributed by atoms with E-state index in [0.29, 0.717) is 11.5 Å². The second-order valence-corrected chi connectivity index (χ2v) is 4.93. The number of fused-ring (bicyclic) bond motifs is 1. The maximum absolute atomic E-state index is 6.02. The summed E-state index contributed by atoms with van der Waals surface area (Å²) in [5, 5.41) is 0. The zero-order chi connectivity index (χ0) is 8.22. The Balaban J connectivity index is 2.13. The molecular weight excluding hydrogens is 134 g/mol. The van der Waals surface area contributed by atoms with Gasteiger partial charge in [0.1, 0.15) is 0 Å². The molecule has 2 aliphatic carbocycles. The quantitative estimate of drug-likeness (QED) is 0.612. The Morgan fingerprint density at radius 1 is 1.36 bits per heavy atom. The molecule has 4 atom stereocenters. The first-order chi connectivity index (χ1) is 5.08. The van der Waals surface area contributed by atoms with Crippen molar-refractivity contribution >= 4 is 0 Å². The van der Waals surface area contributed by atoms with Crippen molar-refractivity contribution in [3.63, 3.8) is 0 Å². The Bertz CT molecular complexity index is 176. The van der Waals surface area contributed by atoms with Crippen LogP contribution in [0.4, 0.5) is 0 Å². The molecule has 1 nitrogen and oxygen atoms in total. The highest BCUT2D eigenvalue weighted by Crippen LogP contribution is 2.69. The molecule has 0 amide bonds. The van der Waals surface area contributed by atoms with E-state index in [-0.39, 0.29) is 0 Å². The van der Waals surface area contributed by atoms with Crippen molar-refractivity contribution in [1.82, 2.24) is 0 Å². The van der Waals surface area contributed by atoms with Crippen LogP contribution in [0.2, 0.25) is 0 Å². The van der Waals surface area contributed by atoms with Gasteiger partial charge in [0.05, 0.1) is 0 Å². The molecule has 64 valence electrons. The maximum atomic E-state index is 6.02. The normalized spacial score (nSPS) is 54.8. The smallest absolute Gasteiger partial charge is 0.00728 e. The second kappa shape index (κ2) is 2.01. The van der Waals surface area contributed by atoms with E-state index in [4.69, 9.17) is 5.73 Å². The molecule has 1 heteroatoms. The number of nitrogens with two attached hydrogens (primary N) is 1. The topological polar surface area (TPSA) is 26.0 Å². The van der Waals surface area contributed by atoms with Crippen LogP contribution in [0.5, 0.6) is 0 Å². The lowest BCUT2D eigenvalue weighted by Gasteiger charge is -2.18. The van der Waals surface area contributed by atoms with Crippen LogP contribution in [0.3, 0.4) is 0 Å². The zero-order valence-electron chi connectivity index (χ0n) is 7.80. The molecule has 2 rings (SSSR count). The third-order valence-electron chi connectivity index (χ3n) is 4.25. The van der Waals surface area contributed by atoms with Crippen molar-refractivity contribution in [1.29, 1.82) is 0 Å². The molecule has 11 heavy (non-hydrogen) atoms. The van der Waals surface area contributed by atoms with Gasteiger partial charge in [-0.15, -0.1) is 0 Å². The van der Waals surface area contributed by atoms with E-state index in [1.807, 2.05) is 0 Å². The van der Waals surface area contributed by atoms with Crippen LogP contribution >= 0.6 is 0 Å². The Kier molecular flexibility index (Phi) is 1.39. The van der Waals surface area contributed by atoms with Crippen LogP contribution in [0, 0.1) is 23.2 Å². The summed E-state index contributed by atoms with van der Waals surface area (Å²) in [6, 6.07) is 0.496. The van der Waals surface area contributed by atoms with Gasteiger partial charge in [-0.3, -0.25) is 0 Å². The lowest BCUT2D eigenvalue weighted by Crippen LogP contribution is -2.26. The lowest BCUT2D eigenvalue weighted by molar-refractivity contribution is 0.335. The van der Waals surface area contributed by atoms with Gasteiger partial charge < -0.3 is 5.73 Å². The fraction of sp³-hybridized carbons (Fsp3) is 1.00. The Morgan fingerprint density at radius 2 is 2.00 bits per heavy atom. The van der Waals surface area contributed by atoms with Crippen LogP contribution in [-0.4, -0.2) is 6.04 Å². The van der Waals surface area contributed by atoms with E-state index >= 15 is 0 Å². The summed E-state index contributed by atoms with van der Waals surface area (Å²) in [4.78, 5) is 0. The van der Waals surface area contributed by atoms with Crippen LogP contribution < -0.4 is 5.73 Å². The molecule has 1 unspecified atom stereocenters. The van der Waals surface area contributed by atoms with E-state index in [1.54, 1.807) is 0 Å². The monoisotopic (exact) mass is 153 g/mol. The molecule has 0 bridgehead atoms. The summed E-state index contributed by atoms with van der Waals surface area (Å²) in [5.74, 6) is 2.61. The fourth-order valence-corrected chi connectivity index (χ4v) is 3.12. The molecule has 2 N–H and O–H groups in total. The lowest BCUT2D eigenvalue weighted by atomic mass is 9.89. The minimum absolute atomic E-state index is 0.496. The average molecular weight is 153 g/mol. The Hall–Kier alpha value is -0.0400. The summed E-state index contributed by atoms with van der Waals surface area (Å²) in [7, 11) is 0. The standard InChI is InChI=1S/C10H19N/c1-6(2)10-4-8(10)7(3)9(11)5-10/h6-9H,4-5,11H2,1-3H3/t7-,8-,9?,10+/m0/s1. The molecule has 0 radical (unpaired) electrons. The molecule has 2 aliphatic rings. The van der Waals surface area contributed by atoms with Crippen molar-refractivity contribution < 1.29 is 0 Å². The average Bonchev–Trinajstić information content (AvgIpc) is 2.57. The van der Waals surface area contributed by atoms with Crippen LogP contribution in [0.1, 0.15) is 33.6 Å². The van der Waals surface area contributed by atoms with Gasteiger partial charge in [-0.2, -0.15) is 0 Å². The zero-order valence-corrected chi connectivity index (χ0v) is 7.80. The first-order valence-electron chi connectivity index (χ1n) is 4.83. The molecule has 0 saturated heterocycles. The maximum Gasteiger partial charge on any atom is 0.00728 e. The summed E-state index contributed by atoms with van der Waals surface area (Å²) < 4.78 is 0. The van der Waals surface area contributed by atoms with Gasteiger partial charge in [-0.1, -0.05) is 20.8 Å². The SMILES string of the molecule is CC(C)[C@@]12CC(N)[C@@H](C)[C@@H]1C2. The van der Waals surface area contributed by atoms with Crippen molar-refractivity contribution in [3.8, 4) is 0 Å². The predicted octanol–water partition coefficient (Wildman–Crippen LogP) is 2.02. The Morgan fingerprint density at radius 3 is 2.27 bits per heavy atom. The molecule has 2 saturated carbocycles. The molecule has 0 heterocycles. The van der Waals surface area contributed by atoms with Crippen molar-refractivity contribution in [2.24, 2.45) is 28.9 Å². The summed E-state index contributed by atoms with van der Waals surface area (Å²) in [5.41, 5.74) is 6.70. The minimum Gasteiger partial charge on any atom is -0.327 e. The van der Waals surface area contributed by atoms with Gasteiger partial charge in [-0.25, -0.2) is 0 Å². The predicted molar refractivity (Wildman–Crippen MR) is 47.1 cm³/mol. The highest BCUT2D eigenvalue weighted by molar-refractivity contribution is 5.14. The van der Waals surface area contributed by atoms with Crippen LogP contribution in [0.25, 0.3) is 0 Å². The number of hydrogen-bond donors (Lipinski definition) is 1. The summed E-state index contributed by atoms with van der Waals surface area (Å²) in [6.45, 7) is 7.03. The molecule has 0 spiro atoms. The largest absolute Gasteiger partial charge is 0.327 e. The van der Waals surface area contributed by atoms with Gasteiger partial charge in [0, 0.05) is 6.04 Å². The van der Waals surface area contributed by atoms with E-state index in [2.05, 4.69) is 20.8 Å². The summed E-state index contributed by atoms with van der Waals surface area (Å²) in [6.07, 6.45) is 2.75. The number of rotatable bonds is 1. The highest BCUT2D eigenvalue weighted by Gasteiger charge is 2.63. The Labute approximate surface area is 69.4 Å². The molecule has 0 aromatic carbocycles. The minimum atomic E-state index is 0.496. The first-order valence-corrected chi connectivity index (χ1v) is 4.83.